The van der Waals surface area contributed by atoms with Crippen LogP contribution >= 0.6 is 11.8 Å². The van der Waals surface area contributed by atoms with Crippen LogP contribution in [0.15, 0.2) is 76.5 Å². The first-order valence-corrected chi connectivity index (χ1v) is 8.74. The zero-order valence-corrected chi connectivity index (χ0v) is 14.1. The molecule has 1 atom stereocenters. The highest BCUT2D eigenvalue weighted by molar-refractivity contribution is 7.99. The topological polar surface area (TPSA) is 35.8 Å². The van der Waals surface area contributed by atoms with E-state index in [0.29, 0.717) is 5.56 Å². The molecule has 0 amide bonds. The molecular formula is C21H16N2S. The Hall–Kier alpha value is -2.70. The summed E-state index contributed by atoms with van der Waals surface area (Å²) in [6, 6.07) is 25.0. The van der Waals surface area contributed by atoms with Gasteiger partial charge in [0.25, 0.3) is 0 Å². The maximum atomic E-state index is 8.94. The van der Waals surface area contributed by atoms with Gasteiger partial charge in [0.15, 0.2) is 0 Å². The normalized spacial score (nSPS) is 13.2. The van der Waals surface area contributed by atoms with Crippen LogP contribution in [0.5, 0.6) is 0 Å². The minimum atomic E-state index is 0.284. The molecule has 0 radical (unpaired) electrons. The van der Waals surface area contributed by atoms with Crippen molar-refractivity contribution in [2.75, 3.05) is 5.32 Å². The quantitative estimate of drug-likeness (QED) is 0.496. The fraction of sp³-hybridized carbons (Fsp3) is 0.0952. The Morgan fingerprint density at radius 1 is 0.875 bits per heavy atom. The molecule has 3 heteroatoms. The molecule has 0 fully saturated rings. The summed E-state index contributed by atoms with van der Waals surface area (Å²) in [5, 5.41) is 12.5. The SMILES string of the molecule is CC(c1ccc(C#N)cc1)c1ccc2c(c1)Nc1ccccc1S2. The molecule has 1 heterocycles. The molecular weight excluding hydrogens is 312 g/mol. The lowest BCUT2D eigenvalue weighted by Crippen LogP contribution is -2.02. The molecule has 1 unspecified atom stereocenters. The first-order valence-electron chi connectivity index (χ1n) is 7.92. The lowest BCUT2D eigenvalue weighted by Gasteiger charge is -2.22. The van der Waals surface area contributed by atoms with Gasteiger partial charge >= 0.3 is 0 Å². The summed E-state index contributed by atoms with van der Waals surface area (Å²) < 4.78 is 0. The summed E-state index contributed by atoms with van der Waals surface area (Å²) >= 11 is 1.81. The Kier molecular flexibility index (Phi) is 3.76. The zero-order valence-electron chi connectivity index (χ0n) is 13.3. The Morgan fingerprint density at radius 3 is 2.38 bits per heavy atom. The van der Waals surface area contributed by atoms with Crippen LogP contribution in [0.3, 0.4) is 0 Å². The monoisotopic (exact) mass is 328 g/mol. The van der Waals surface area contributed by atoms with E-state index in [1.807, 2.05) is 24.3 Å². The van der Waals surface area contributed by atoms with Crippen molar-refractivity contribution in [2.24, 2.45) is 0 Å². The number of hydrogen-bond acceptors (Lipinski definition) is 3. The largest absolute Gasteiger partial charge is 0.354 e. The Balaban J connectivity index is 1.65. The van der Waals surface area contributed by atoms with Gasteiger partial charge < -0.3 is 5.32 Å². The van der Waals surface area contributed by atoms with Crippen molar-refractivity contribution in [3.05, 3.63) is 83.4 Å². The van der Waals surface area contributed by atoms with Gasteiger partial charge in [0.1, 0.15) is 0 Å². The number of nitrogens with zero attached hydrogens (tertiary/aromatic N) is 1. The van der Waals surface area contributed by atoms with Crippen molar-refractivity contribution in [3.63, 3.8) is 0 Å². The molecule has 0 saturated heterocycles. The summed E-state index contributed by atoms with van der Waals surface area (Å²) in [4.78, 5) is 2.52. The first kappa shape index (κ1) is 14.9. The summed E-state index contributed by atoms with van der Waals surface area (Å²) in [5.74, 6) is 0.284. The second kappa shape index (κ2) is 6.07. The van der Waals surface area contributed by atoms with Crippen molar-refractivity contribution in [1.82, 2.24) is 0 Å². The van der Waals surface area contributed by atoms with E-state index in [0.717, 1.165) is 11.4 Å². The number of anilines is 2. The van der Waals surface area contributed by atoms with Gasteiger partial charge in [-0.25, -0.2) is 0 Å². The highest BCUT2D eigenvalue weighted by Gasteiger charge is 2.17. The fourth-order valence-electron chi connectivity index (χ4n) is 2.96. The molecule has 0 bridgehead atoms. The van der Waals surface area contributed by atoms with Crippen molar-refractivity contribution in [2.45, 2.75) is 22.6 Å². The van der Waals surface area contributed by atoms with Gasteiger partial charge in [-0.1, -0.05) is 49.0 Å². The maximum Gasteiger partial charge on any atom is 0.0991 e. The molecule has 3 aromatic rings. The summed E-state index contributed by atoms with van der Waals surface area (Å²) in [6.45, 7) is 2.20. The van der Waals surface area contributed by atoms with Crippen LogP contribution in [0, 0.1) is 11.3 Å². The standard InChI is InChI=1S/C21H16N2S/c1-14(16-8-6-15(13-22)7-9-16)17-10-11-21-19(12-17)23-18-4-2-3-5-20(18)24-21/h2-12,14,23H,1H3. The van der Waals surface area contributed by atoms with Crippen molar-refractivity contribution < 1.29 is 0 Å². The van der Waals surface area contributed by atoms with Crippen LogP contribution in [0.25, 0.3) is 0 Å². The second-order valence-electron chi connectivity index (χ2n) is 5.93. The van der Waals surface area contributed by atoms with Crippen molar-refractivity contribution >= 4 is 23.1 Å². The van der Waals surface area contributed by atoms with E-state index in [2.05, 4.69) is 60.8 Å². The molecule has 24 heavy (non-hydrogen) atoms. The Bertz CT molecular complexity index is 939. The summed E-state index contributed by atoms with van der Waals surface area (Å²) in [5.41, 5.74) is 5.52. The third-order valence-electron chi connectivity index (χ3n) is 4.42. The van der Waals surface area contributed by atoms with Crippen LogP contribution in [0.2, 0.25) is 0 Å². The van der Waals surface area contributed by atoms with Gasteiger partial charge in [-0.2, -0.15) is 5.26 Å². The van der Waals surface area contributed by atoms with Crippen molar-refractivity contribution in [3.8, 4) is 6.07 Å². The van der Waals surface area contributed by atoms with Gasteiger partial charge in [0, 0.05) is 15.7 Å². The molecule has 0 saturated carbocycles. The van der Waals surface area contributed by atoms with Crippen LogP contribution < -0.4 is 5.32 Å². The number of nitrogens with one attached hydrogen (secondary N) is 1. The molecule has 0 aliphatic carbocycles. The van der Waals surface area contributed by atoms with E-state index in [-0.39, 0.29) is 5.92 Å². The average molecular weight is 328 g/mol. The molecule has 116 valence electrons. The lowest BCUT2D eigenvalue weighted by molar-refractivity contribution is 0.920. The van der Waals surface area contributed by atoms with Gasteiger partial charge in [0.2, 0.25) is 0 Å². The minimum absolute atomic E-state index is 0.284. The Morgan fingerprint density at radius 2 is 1.58 bits per heavy atom. The van der Waals surface area contributed by atoms with Gasteiger partial charge in [-0.05, 0) is 47.5 Å². The lowest BCUT2D eigenvalue weighted by atomic mass is 9.92. The predicted octanol–water partition coefficient (Wildman–Crippen LogP) is 5.92. The zero-order chi connectivity index (χ0) is 16.5. The van der Waals surface area contributed by atoms with E-state index in [9.17, 15) is 0 Å². The summed E-state index contributed by atoms with van der Waals surface area (Å²) in [6.07, 6.45) is 0. The molecule has 2 nitrogen and oxygen atoms in total. The third kappa shape index (κ3) is 2.66. The third-order valence-corrected chi connectivity index (χ3v) is 5.57. The number of nitriles is 1. The minimum Gasteiger partial charge on any atom is -0.354 e. The predicted molar refractivity (Wildman–Crippen MR) is 99.0 cm³/mol. The van der Waals surface area contributed by atoms with E-state index < -0.39 is 0 Å². The molecule has 4 rings (SSSR count). The van der Waals surface area contributed by atoms with E-state index in [1.165, 1.54) is 20.9 Å². The van der Waals surface area contributed by atoms with Gasteiger partial charge in [-0.15, -0.1) is 0 Å². The highest BCUT2D eigenvalue weighted by Crippen LogP contribution is 2.45. The molecule has 0 spiro atoms. The molecule has 0 aromatic heterocycles. The molecule has 3 aromatic carbocycles. The number of fused-ring (bicyclic) bond motifs is 2. The van der Waals surface area contributed by atoms with E-state index in [1.54, 1.807) is 11.8 Å². The first-order chi connectivity index (χ1) is 11.7. The highest BCUT2D eigenvalue weighted by atomic mass is 32.2. The van der Waals surface area contributed by atoms with Gasteiger partial charge in [-0.3, -0.25) is 0 Å². The number of para-hydroxylation sites is 1. The van der Waals surface area contributed by atoms with Gasteiger partial charge in [0.05, 0.1) is 23.0 Å². The molecule has 1 N–H and O–H groups in total. The van der Waals surface area contributed by atoms with Crippen LogP contribution in [-0.4, -0.2) is 0 Å². The smallest absolute Gasteiger partial charge is 0.0991 e. The van der Waals surface area contributed by atoms with Crippen LogP contribution in [0.4, 0.5) is 11.4 Å². The van der Waals surface area contributed by atoms with Crippen LogP contribution in [-0.2, 0) is 0 Å². The Labute approximate surface area is 146 Å². The average Bonchev–Trinajstić information content (AvgIpc) is 2.65. The van der Waals surface area contributed by atoms with E-state index >= 15 is 0 Å². The molecule has 1 aliphatic rings. The van der Waals surface area contributed by atoms with Crippen molar-refractivity contribution in [1.29, 1.82) is 5.26 Å². The van der Waals surface area contributed by atoms with E-state index in [4.69, 9.17) is 5.26 Å². The van der Waals surface area contributed by atoms with Crippen LogP contribution in [0.1, 0.15) is 29.5 Å². The number of benzene rings is 3. The summed E-state index contributed by atoms with van der Waals surface area (Å²) in [7, 11) is 0. The number of rotatable bonds is 2. The fourth-order valence-corrected chi connectivity index (χ4v) is 3.93. The number of hydrogen-bond donors (Lipinski definition) is 1. The molecule has 1 aliphatic heterocycles. The maximum absolute atomic E-state index is 8.94. The second-order valence-corrected chi connectivity index (χ2v) is 7.02.